The van der Waals surface area contributed by atoms with Gasteiger partial charge in [-0.05, 0) is 35.9 Å². The number of rotatable bonds is 5. The summed E-state index contributed by atoms with van der Waals surface area (Å²) in [4.78, 5) is 1.98. The third-order valence-electron chi connectivity index (χ3n) is 3.79. The van der Waals surface area contributed by atoms with E-state index in [1.807, 2.05) is 4.90 Å². The molecule has 0 bridgehead atoms. The van der Waals surface area contributed by atoms with E-state index in [9.17, 15) is 26.3 Å². The van der Waals surface area contributed by atoms with Crippen molar-refractivity contribution in [3.63, 3.8) is 0 Å². The van der Waals surface area contributed by atoms with E-state index in [0.717, 1.165) is 0 Å². The first-order valence-electron chi connectivity index (χ1n) is 7.51. The Kier molecular flexibility index (Phi) is 8.37. The van der Waals surface area contributed by atoms with Gasteiger partial charge >= 0.3 is 11.7 Å². The maximum atomic E-state index is 12.6. The van der Waals surface area contributed by atoms with Crippen LogP contribution in [0, 0.1) is 0 Å². The Balaban J connectivity index is 0.00000312. The van der Waals surface area contributed by atoms with Crippen LogP contribution in [0.3, 0.4) is 0 Å². The maximum Gasteiger partial charge on any atom is 0.446 e. The molecule has 2 rings (SSSR count). The van der Waals surface area contributed by atoms with Gasteiger partial charge in [0.1, 0.15) is 0 Å². The summed E-state index contributed by atoms with van der Waals surface area (Å²) in [7, 11) is 0. The van der Waals surface area contributed by atoms with Crippen molar-refractivity contribution < 1.29 is 26.3 Å². The fourth-order valence-corrected chi connectivity index (χ4v) is 3.29. The average Bonchev–Trinajstić information content (AvgIpc) is 2.47. The van der Waals surface area contributed by atoms with Gasteiger partial charge in [0.15, 0.2) is 0 Å². The van der Waals surface area contributed by atoms with Crippen molar-refractivity contribution in [2.24, 2.45) is 0 Å². The lowest BCUT2D eigenvalue weighted by Crippen LogP contribution is -2.45. The number of benzene rings is 1. The van der Waals surface area contributed by atoms with Gasteiger partial charge in [-0.3, -0.25) is 4.90 Å². The molecule has 1 aliphatic heterocycles. The van der Waals surface area contributed by atoms with E-state index in [4.69, 9.17) is 0 Å². The highest BCUT2D eigenvalue weighted by Crippen LogP contribution is 2.38. The van der Waals surface area contributed by atoms with Gasteiger partial charge in [0.05, 0.1) is 0 Å². The Morgan fingerprint density at radius 2 is 1.56 bits per heavy atom. The van der Waals surface area contributed by atoms with Crippen molar-refractivity contribution in [1.29, 1.82) is 0 Å². The second-order valence-electron chi connectivity index (χ2n) is 5.57. The Labute approximate surface area is 152 Å². The lowest BCUT2D eigenvalue weighted by molar-refractivity contribution is -0.138. The monoisotopic (exact) mass is 408 g/mol. The molecular weight excluding hydrogens is 390 g/mol. The molecule has 0 aromatic heterocycles. The number of hydrogen-bond donors (Lipinski definition) is 1. The van der Waals surface area contributed by atoms with E-state index >= 15 is 0 Å². The van der Waals surface area contributed by atoms with E-state index in [1.54, 1.807) is 0 Å². The summed E-state index contributed by atoms with van der Waals surface area (Å²) in [6, 6.07) is 5.18. The van der Waals surface area contributed by atoms with Crippen LogP contribution in [0.4, 0.5) is 26.3 Å². The van der Waals surface area contributed by atoms with Crippen molar-refractivity contribution in [3.05, 3.63) is 29.8 Å². The van der Waals surface area contributed by atoms with E-state index in [-0.39, 0.29) is 35.5 Å². The second kappa shape index (κ2) is 9.34. The maximum absolute atomic E-state index is 12.6. The molecule has 0 radical (unpaired) electrons. The molecule has 10 heteroatoms. The molecular formula is C15H19ClF6N2S. The highest BCUT2D eigenvalue weighted by molar-refractivity contribution is 8.00. The summed E-state index contributed by atoms with van der Waals surface area (Å²) in [5.74, 6) is 0. The molecule has 2 nitrogen and oxygen atoms in total. The van der Waals surface area contributed by atoms with Crippen molar-refractivity contribution in [1.82, 2.24) is 10.2 Å². The summed E-state index contributed by atoms with van der Waals surface area (Å²) >= 11 is -0.229. The first-order valence-corrected chi connectivity index (χ1v) is 8.33. The standard InChI is InChI=1S/C15H18F6N2S.ClH/c16-14(17,18)6-5-13(23-9-7-22-8-10-23)11-1-3-12(4-2-11)24-15(19,20)21;/h1-4,13,22H,5-10H2;1H/t13-;/m1./s1. The zero-order valence-corrected chi connectivity index (χ0v) is 14.8. The number of hydrogen-bond acceptors (Lipinski definition) is 3. The van der Waals surface area contributed by atoms with Crippen molar-refractivity contribution in [2.75, 3.05) is 26.2 Å². The quantitative estimate of drug-likeness (QED) is 0.544. The minimum atomic E-state index is -4.38. The Morgan fingerprint density at radius 1 is 1.00 bits per heavy atom. The lowest BCUT2D eigenvalue weighted by atomic mass is 9.99. The molecule has 1 atom stereocenters. The van der Waals surface area contributed by atoms with E-state index in [1.165, 1.54) is 24.3 Å². The van der Waals surface area contributed by atoms with Crippen LogP contribution in [0.5, 0.6) is 0 Å². The molecule has 0 spiro atoms. The Morgan fingerprint density at radius 3 is 2.04 bits per heavy atom. The number of nitrogens with one attached hydrogen (secondary N) is 1. The number of halogens is 7. The van der Waals surface area contributed by atoms with Crippen molar-refractivity contribution in [2.45, 2.75) is 35.5 Å². The zero-order valence-electron chi connectivity index (χ0n) is 13.2. The molecule has 1 N–H and O–H groups in total. The molecule has 0 amide bonds. The van der Waals surface area contributed by atoms with Crippen LogP contribution < -0.4 is 5.32 Å². The third-order valence-corrected chi connectivity index (χ3v) is 4.53. The van der Waals surface area contributed by atoms with E-state index in [0.29, 0.717) is 31.7 Å². The normalized spacial score (nSPS) is 17.8. The fraction of sp³-hybridized carbons (Fsp3) is 0.600. The van der Waals surface area contributed by atoms with E-state index in [2.05, 4.69) is 5.32 Å². The summed E-state index contributed by atoms with van der Waals surface area (Å²) < 4.78 is 74.9. The van der Waals surface area contributed by atoms with Crippen LogP contribution in [0.2, 0.25) is 0 Å². The molecule has 1 aromatic carbocycles. The van der Waals surface area contributed by atoms with Crippen LogP contribution in [0.15, 0.2) is 29.2 Å². The second-order valence-corrected chi connectivity index (χ2v) is 6.71. The van der Waals surface area contributed by atoms with Gasteiger partial charge in [0.2, 0.25) is 0 Å². The molecule has 25 heavy (non-hydrogen) atoms. The van der Waals surface area contributed by atoms with Gasteiger partial charge in [-0.25, -0.2) is 0 Å². The van der Waals surface area contributed by atoms with Crippen LogP contribution in [-0.2, 0) is 0 Å². The summed E-state index contributed by atoms with van der Waals surface area (Å²) in [6.07, 6.45) is -5.27. The number of nitrogens with zero attached hydrogens (tertiary/aromatic N) is 1. The van der Waals surface area contributed by atoms with Crippen LogP contribution in [0.1, 0.15) is 24.4 Å². The molecule has 1 aromatic rings. The first-order chi connectivity index (χ1) is 11.1. The van der Waals surface area contributed by atoms with Gasteiger partial charge in [0, 0.05) is 43.5 Å². The SMILES string of the molecule is Cl.FC(F)(F)CC[C@H](c1ccc(SC(F)(F)F)cc1)N1CCNCC1. The lowest BCUT2D eigenvalue weighted by Gasteiger charge is -2.35. The van der Waals surface area contributed by atoms with Gasteiger partial charge < -0.3 is 5.32 Å². The predicted molar refractivity (Wildman–Crippen MR) is 88.1 cm³/mol. The average molecular weight is 409 g/mol. The summed E-state index contributed by atoms with van der Waals surface area (Å²) in [6.45, 7) is 2.60. The van der Waals surface area contributed by atoms with Gasteiger partial charge in [0.25, 0.3) is 0 Å². The fourth-order valence-electron chi connectivity index (χ4n) is 2.75. The zero-order chi connectivity index (χ0) is 17.8. The Bertz CT molecular complexity index is 514. The third kappa shape index (κ3) is 8.06. The molecule has 144 valence electrons. The highest BCUT2D eigenvalue weighted by atomic mass is 35.5. The first kappa shape index (κ1) is 22.4. The van der Waals surface area contributed by atoms with E-state index < -0.39 is 24.1 Å². The van der Waals surface area contributed by atoms with Gasteiger partial charge in [-0.2, -0.15) is 26.3 Å². The van der Waals surface area contributed by atoms with Crippen LogP contribution in [0.25, 0.3) is 0 Å². The number of thioether (sulfide) groups is 1. The smallest absolute Gasteiger partial charge is 0.314 e. The molecule has 0 saturated carbocycles. The highest BCUT2D eigenvalue weighted by Gasteiger charge is 2.32. The topological polar surface area (TPSA) is 15.3 Å². The van der Waals surface area contributed by atoms with Crippen molar-refractivity contribution >= 4 is 24.2 Å². The summed E-state index contributed by atoms with van der Waals surface area (Å²) in [5, 5.41) is 3.14. The molecule has 1 fully saturated rings. The van der Waals surface area contributed by atoms with Crippen LogP contribution >= 0.6 is 24.2 Å². The minimum absolute atomic E-state index is 0. The van der Waals surface area contributed by atoms with Gasteiger partial charge in [-0.15, -0.1) is 12.4 Å². The molecule has 0 unspecified atom stereocenters. The predicted octanol–water partition coefficient (Wildman–Crippen LogP) is 5.01. The molecule has 1 aliphatic rings. The molecule has 0 aliphatic carbocycles. The Hall–Kier alpha value is -0.640. The summed E-state index contributed by atoms with van der Waals surface area (Å²) in [5.41, 5.74) is -3.76. The number of alkyl halides is 6. The number of piperazine rings is 1. The minimum Gasteiger partial charge on any atom is -0.314 e. The largest absolute Gasteiger partial charge is 0.446 e. The molecule has 1 saturated heterocycles. The van der Waals surface area contributed by atoms with Gasteiger partial charge in [-0.1, -0.05) is 12.1 Å². The van der Waals surface area contributed by atoms with Crippen LogP contribution in [-0.4, -0.2) is 42.8 Å². The molecule has 1 heterocycles. The van der Waals surface area contributed by atoms with Crippen molar-refractivity contribution in [3.8, 4) is 0 Å².